The van der Waals surface area contributed by atoms with E-state index in [2.05, 4.69) is 6.08 Å². The van der Waals surface area contributed by atoms with Gasteiger partial charge >= 0.3 is 0 Å². The summed E-state index contributed by atoms with van der Waals surface area (Å²) >= 11 is 0. The number of rotatable bonds is 1. The van der Waals surface area contributed by atoms with E-state index < -0.39 is 11.4 Å². The third kappa shape index (κ3) is 1.73. The summed E-state index contributed by atoms with van der Waals surface area (Å²) in [6.45, 7) is 3.89. The lowest BCUT2D eigenvalue weighted by molar-refractivity contribution is -0.242. The molecule has 3 heteroatoms. The Morgan fingerprint density at radius 2 is 2.07 bits per heavy atom. The summed E-state index contributed by atoms with van der Waals surface area (Å²) in [4.78, 5) is 0. The lowest BCUT2D eigenvalue weighted by Crippen LogP contribution is -2.50. The summed E-state index contributed by atoms with van der Waals surface area (Å²) in [7, 11) is 0. The van der Waals surface area contributed by atoms with Crippen molar-refractivity contribution in [1.29, 1.82) is 0 Å². The summed E-state index contributed by atoms with van der Waals surface area (Å²) in [5.41, 5.74) is 0.299. The van der Waals surface area contributed by atoms with E-state index in [1.165, 1.54) is 6.42 Å². The van der Waals surface area contributed by atoms with Crippen LogP contribution in [0.2, 0.25) is 0 Å². The van der Waals surface area contributed by atoms with Gasteiger partial charge in [-0.1, -0.05) is 11.6 Å². The van der Waals surface area contributed by atoms with Crippen molar-refractivity contribution >= 4 is 0 Å². The molecule has 0 radical (unpaired) electrons. The van der Waals surface area contributed by atoms with Gasteiger partial charge in [-0.3, -0.25) is 0 Å². The Morgan fingerprint density at radius 1 is 1.33 bits per heavy atom. The molecule has 1 unspecified atom stereocenters. The maximum atomic E-state index is 10.1. The molecule has 0 saturated carbocycles. The topological polar surface area (TPSA) is 49.7 Å². The lowest BCUT2D eigenvalue weighted by Gasteiger charge is -2.34. The van der Waals surface area contributed by atoms with Crippen LogP contribution < -0.4 is 0 Å². The largest absolute Gasteiger partial charge is 0.369 e. The van der Waals surface area contributed by atoms with Gasteiger partial charge in [0.1, 0.15) is 5.60 Å². The molecule has 2 aliphatic rings. The quantitative estimate of drug-likeness (QED) is 0.512. The van der Waals surface area contributed by atoms with Crippen molar-refractivity contribution in [3.05, 3.63) is 11.6 Å². The van der Waals surface area contributed by atoms with E-state index >= 15 is 0 Å². The minimum absolute atomic E-state index is 0.243. The average Bonchev–Trinajstić information content (AvgIpc) is 2.39. The molecule has 3 nitrogen and oxygen atoms in total. The highest BCUT2D eigenvalue weighted by atomic mass is 16.6. The van der Waals surface area contributed by atoms with Crippen molar-refractivity contribution in [2.24, 2.45) is 5.92 Å². The maximum absolute atomic E-state index is 10.1. The zero-order chi connectivity index (χ0) is 11.1. The van der Waals surface area contributed by atoms with Crippen LogP contribution in [0.3, 0.4) is 0 Å². The van der Waals surface area contributed by atoms with Gasteiger partial charge in [-0.2, -0.15) is 0 Å². The standard InChI is InChI=1S/C12H20O3/c1-11(2)12(13,14)10(8-15-11)9-6-4-3-5-7-9/h6,10,13-14H,3-5,7-8H2,1-2H3. The molecular weight excluding hydrogens is 192 g/mol. The molecule has 0 bridgehead atoms. The predicted molar refractivity (Wildman–Crippen MR) is 57.2 cm³/mol. The smallest absolute Gasteiger partial charge is 0.201 e. The average molecular weight is 212 g/mol. The normalized spacial score (nSPS) is 33.9. The van der Waals surface area contributed by atoms with Gasteiger partial charge < -0.3 is 14.9 Å². The summed E-state index contributed by atoms with van der Waals surface area (Å²) in [6, 6.07) is 0. The first kappa shape index (κ1) is 11.1. The van der Waals surface area contributed by atoms with Crippen molar-refractivity contribution in [3.63, 3.8) is 0 Å². The monoisotopic (exact) mass is 212 g/mol. The highest BCUT2D eigenvalue weighted by Gasteiger charge is 2.55. The molecule has 2 N–H and O–H groups in total. The molecule has 2 rings (SSSR count). The molecule has 1 fully saturated rings. The highest BCUT2D eigenvalue weighted by Crippen LogP contribution is 2.43. The number of hydrogen-bond acceptors (Lipinski definition) is 3. The SMILES string of the molecule is CC1(C)OCC(C2=CCCCC2)C1(O)O. The zero-order valence-corrected chi connectivity index (χ0v) is 9.49. The van der Waals surface area contributed by atoms with Gasteiger partial charge in [0, 0.05) is 0 Å². The van der Waals surface area contributed by atoms with Crippen LogP contribution in [0, 0.1) is 5.92 Å². The van der Waals surface area contributed by atoms with Gasteiger partial charge in [0.15, 0.2) is 0 Å². The molecule has 86 valence electrons. The summed E-state index contributed by atoms with van der Waals surface area (Å²) in [6.07, 6.45) is 6.55. The minimum atomic E-state index is -1.73. The zero-order valence-electron chi connectivity index (χ0n) is 9.49. The first-order chi connectivity index (χ1) is 6.95. The van der Waals surface area contributed by atoms with Crippen LogP contribution in [-0.4, -0.2) is 28.2 Å². The Balaban J connectivity index is 2.21. The third-order valence-corrected chi connectivity index (χ3v) is 3.76. The van der Waals surface area contributed by atoms with Gasteiger partial charge in [-0.05, 0) is 39.5 Å². The van der Waals surface area contributed by atoms with Gasteiger partial charge in [0.25, 0.3) is 0 Å². The van der Waals surface area contributed by atoms with Crippen LogP contribution in [-0.2, 0) is 4.74 Å². The number of allylic oxidation sites excluding steroid dienone is 1. The molecule has 0 aromatic rings. The van der Waals surface area contributed by atoms with E-state index in [-0.39, 0.29) is 5.92 Å². The number of hydrogen-bond donors (Lipinski definition) is 2. The van der Waals surface area contributed by atoms with Crippen LogP contribution in [0.15, 0.2) is 11.6 Å². The first-order valence-electron chi connectivity index (χ1n) is 5.73. The fourth-order valence-corrected chi connectivity index (χ4v) is 2.48. The second kappa shape index (κ2) is 3.58. The van der Waals surface area contributed by atoms with Crippen molar-refractivity contribution in [1.82, 2.24) is 0 Å². The Bertz CT molecular complexity index is 279. The van der Waals surface area contributed by atoms with Crippen molar-refractivity contribution < 1.29 is 14.9 Å². The third-order valence-electron chi connectivity index (χ3n) is 3.76. The Morgan fingerprint density at radius 3 is 2.53 bits per heavy atom. The molecule has 1 atom stereocenters. The molecule has 15 heavy (non-hydrogen) atoms. The van der Waals surface area contributed by atoms with E-state index in [4.69, 9.17) is 4.74 Å². The summed E-state index contributed by atoms with van der Waals surface area (Å²) < 4.78 is 5.48. The van der Waals surface area contributed by atoms with Crippen LogP contribution in [0.1, 0.15) is 39.5 Å². The van der Waals surface area contributed by atoms with Gasteiger partial charge in [-0.15, -0.1) is 0 Å². The number of ether oxygens (including phenoxy) is 1. The maximum Gasteiger partial charge on any atom is 0.201 e. The Kier molecular flexibility index (Phi) is 2.65. The Hall–Kier alpha value is -0.380. The fraction of sp³-hybridized carbons (Fsp3) is 0.833. The molecule has 0 aromatic carbocycles. The van der Waals surface area contributed by atoms with Gasteiger partial charge in [0.05, 0.1) is 12.5 Å². The fourth-order valence-electron chi connectivity index (χ4n) is 2.48. The summed E-state index contributed by atoms with van der Waals surface area (Å²) in [5, 5.41) is 20.2. The predicted octanol–water partition coefficient (Wildman–Crippen LogP) is 1.59. The molecule has 1 heterocycles. The molecule has 0 aromatic heterocycles. The second-order valence-electron chi connectivity index (χ2n) is 5.12. The van der Waals surface area contributed by atoms with E-state index in [9.17, 15) is 10.2 Å². The van der Waals surface area contributed by atoms with Crippen LogP contribution in [0.25, 0.3) is 0 Å². The molecule has 0 spiro atoms. The molecule has 1 aliphatic carbocycles. The molecular formula is C12H20O3. The van der Waals surface area contributed by atoms with E-state index in [0.29, 0.717) is 6.61 Å². The molecule has 1 aliphatic heterocycles. The van der Waals surface area contributed by atoms with Crippen LogP contribution >= 0.6 is 0 Å². The van der Waals surface area contributed by atoms with Gasteiger partial charge in [0.2, 0.25) is 5.79 Å². The van der Waals surface area contributed by atoms with Crippen LogP contribution in [0.4, 0.5) is 0 Å². The van der Waals surface area contributed by atoms with Crippen molar-refractivity contribution in [2.45, 2.75) is 50.9 Å². The van der Waals surface area contributed by atoms with Crippen molar-refractivity contribution in [3.8, 4) is 0 Å². The summed E-state index contributed by atoms with van der Waals surface area (Å²) in [5.74, 6) is -1.97. The molecule has 1 saturated heterocycles. The van der Waals surface area contributed by atoms with E-state index in [1.54, 1.807) is 13.8 Å². The van der Waals surface area contributed by atoms with E-state index in [1.807, 2.05) is 0 Å². The molecule has 0 amide bonds. The Labute approximate surface area is 90.8 Å². The van der Waals surface area contributed by atoms with Crippen LogP contribution in [0.5, 0.6) is 0 Å². The number of aliphatic hydroxyl groups is 2. The van der Waals surface area contributed by atoms with E-state index in [0.717, 1.165) is 24.8 Å². The van der Waals surface area contributed by atoms with Crippen molar-refractivity contribution in [2.75, 3.05) is 6.61 Å². The second-order valence-corrected chi connectivity index (χ2v) is 5.12. The lowest BCUT2D eigenvalue weighted by atomic mass is 9.80. The minimum Gasteiger partial charge on any atom is -0.369 e. The highest BCUT2D eigenvalue weighted by molar-refractivity contribution is 5.17. The van der Waals surface area contributed by atoms with Gasteiger partial charge in [-0.25, -0.2) is 0 Å². The first-order valence-corrected chi connectivity index (χ1v) is 5.73.